The lowest BCUT2D eigenvalue weighted by molar-refractivity contribution is 0.624. The maximum atomic E-state index is 6.02. The molecule has 1 aromatic carbocycles. The quantitative estimate of drug-likeness (QED) is 0.510. The molecular formula is C17H14N2OS. The van der Waals surface area contributed by atoms with Crippen LogP contribution in [-0.2, 0) is 12.8 Å². The third kappa shape index (κ3) is 1.62. The van der Waals surface area contributed by atoms with Crippen molar-refractivity contribution in [2.24, 2.45) is 0 Å². The van der Waals surface area contributed by atoms with Crippen LogP contribution in [0.5, 0.6) is 0 Å². The number of thiazole rings is 1. The fourth-order valence-electron chi connectivity index (χ4n) is 3.27. The van der Waals surface area contributed by atoms with Crippen LogP contribution in [0.25, 0.3) is 27.4 Å². The van der Waals surface area contributed by atoms with E-state index in [-0.39, 0.29) is 0 Å². The molecule has 0 amide bonds. The Hall–Kier alpha value is -2.07. The molecule has 0 unspecified atom stereocenters. The second kappa shape index (κ2) is 4.21. The lowest BCUT2D eigenvalue weighted by atomic mass is 10.0. The van der Waals surface area contributed by atoms with E-state index in [2.05, 4.69) is 21.5 Å². The minimum absolute atomic E-state index is 0.912. The van der Waals surface area contributed by atoms with Gasteiger partial charge < -0.3 is 4.42 Å². The smallest absolute Gasteiger partial charge is 0.194 e. The summed E-state index contributed by atoms with van der Waals surface area (Å²) in [6, 6.07) is 10.3. The van der Waals surface area contributed by atoms with Gasteiger partial charge >= 0.3 is 0 Å². The number of imidazole rings is 1. The van der Waals surface area contributed by atoms with Crippen LogP contribution >= 0.6 is 11.3 Å². The summed E-state index contributed by atoms with van der Waals surface area (Å²) in [7, 11) is 0. The molecule has 21 heavy (non-hydrogen) atoms. The number of nitrogens with zero attached hydrogens (tertiary/aromatic N) is 2. The molecule has 0 radical (unpaired) electrons. The lowest BCUT2D eigenvalue weighted by Crippen LogP contribution is -2.03. The van der Waals surface area contributed by atoms with E-state index in [1.165, 1.54) is 29.8 Å². The molecule has 4 heteroatoms. The fourth-order valence-corrected chi connectivity index (χ4v) is 4.45. The number of fused-ring (bicyclic) bond motifs is 4. The van der Waals surface area contributed by atoms with Gasteiger partial charge in [0.05, 0.1) is 6.20 Å². The third-order valence-corrected chi connectivity index (χ3v) is 5.44. The van der Waals surface area contributed by atoms with Crippen molar-refractivity contribution in [1.82, 2.24) is 9.38 Å². The molecule has 0 bridgehead atoms. The monoisotopic (exact) mass is 294 g/mol. The highest BCUT2D eigenvalue weighted by molar-refractivity contribution is 7.17. The Morgan fingerprint density at radius 2 is 2.05 bits per heavy atom. The summed E-state index contributed by atoms with van der Waals surface area (Å²) in [6.07, 6.45) is 6.87. The van der Waals surface area contributed by atoms with Crippen molar-refractivity contribution < 1.29 is 4.42 Å². The Balaban J connectivity index is 1.78. The maximum absolute atomic E-state index is 6.02. The molecule has 0 atom stereocenters. The van der Waals surface area contributed by atoms with Gasteiger partial charge in [-0.1, -0.05) is 18.2 Å². The number of aryl methyl sites for hydroxylation is 2. The minimum Gasteiger partial charge on any atom is -0.454 e. The highest BCUT2D eigenvalue weighted by atomic mass is 32.1. The summed E-state index contributed by atoms with van der Waals surface area (Å²) in [5, 5.41) is 1.14. The van der Waals surface area contributed by atoms with Gasteiger partial charge in [-0.05, 0) is 37.8 Å². The third-order valence-electron chi connectivity index (χ3n) is 4.28. The van der Waals surface area contributed by atoms with Gasteiger partial charge in [0, 0.05) is 16.0 Å². The second-order valence-electron chi connectivity index (χ2n) is 5.59. The SMILES string of the molecule is c1ccc2oc(-c3cnc4sc5c(n34)CCCC5)cc2c1. The fraction of sp³-hybridized carbons (Fsp3) is 0.235. The molecule has 3 nitrogen and oxygen atoms in total. The average molecular weight is 294 g/mol. The van der Waals surface area contributed by atoms with E-state index in [4.69, 9.17) is 4.42 Å². The van der Waals surface area contributed by atoms with Crippen molar-refractivity contribution in [2.75, 3.05) is 0 Å². The molecule has 0 fully saturated rings. The van der Waals surface area contributed by atoms with Gasteiger partial charge in [-0.25, -0.2) is 4.98 Å². The van der Waals surface area contributed by atoms with Gasteiger partial charge in [-0.3, -0.25) is 4.40 Å². The number of hydrogen-bond donors (Lipinski definition) is 0. The minimum atomic E-state index is 0.912. The Morgan fingerprint density at radius 3 is 3.00 bits per heavy atom. The van der Waals surface area contributed by atoms with E-state index in [9.17, 15) is 0 Å². The molecule has 1 aliphatic carbocycles. The van der Waals surface area contributed by atoms with Gasteiger partial charge in [0.25, 0.3) is 0 Å². The molecular weight excluding hydrogens is 280 g/mol. The van der Waals surface area contributed by atoms with Crippen LogP contribution in [0.15, 0.2) is 40.9 Å². The highest BCUT2D eigenvalue weighted by Gasteiger charge is 2.21. The van der Waals surface area contributed by atoms with Crippen molar-refractivity contribution >= 4 is 27.3 Å². The Morgan fingerprint density at radius 1 is 1.14 bits per heavy atom. The zero-order chi connectivity index (χ0) is 13.8. The molecule has 0 N–H and O–H groups in total. The van der Waals surface area contributed by atoms with Crippen LogP contribution < -0.4 is 0 Å². The van der Waals surface area contributed by atoms with Crippen LogP contribution in [0.2, 0.25) is 0 Å². The van der Waals surface area contributed by atoms with Gasteiger partial charge in [0.1, 0.15) is 11.3 Å². The first-order valence-corrected chi connectivity index (χ1v) is 8.19. The van der Waals surface area contributed by atoms with E-state index in [1.807, 2.05) is 35.7 Å². The first kappa shape index (κ1) is 11.6. The number of hydrogen-bond acceptors (Lipinski definition) is 3. The van der Waals surface area contributed by atoms with Crippen LogP contribution in [0.1, 0.15) is 23.4 Å². The number of furan rings is 1. The number of para-hydroxylation sites is 1. The number of rotatable bonds is 1. The Labute approximate surface area is 125 Å². The van der Waals surface area contributed by atoms with Crippen molar-refractivity contribution in [3.63, 3.8) is 0 Å². The summed E-state index contributed by atoms with van der Waals surface area (Å²) in [5.74, 6) is 0.912. The largest absolute Gasteiger partial charge is 0.454 e. The average Bonchev–Trinajstić information content (AvgIpc) is 3.19. The molecule has 104 valence electrons. The first-order valence-electron chi connectivity index (χ1n) is 7.37. The van der Waals surface area contributed by atoms with Crippen molar-refractivity contribution in [2.45, 2.75) is 25.7 Å². The molecule has 0 saturated carbocycles. The topological polar surface area (TPSA) is 30.4 Å². The standard InChI is InChI=1S/C17H14N2OS/c1-3-7-14-11(5-1)9-15(20-14)13-10-18-17-19(13)12-6-2-4-8-16(12)21-17/h1,3,5,7,9-10H,2,4,6,8H2. The molecule has 5 rings (SSSR count). The summed E-state index contributed by atoms with van der Waals surface area (Å²) in [6.45, 7) is 0. The summed E-state index contributed by atoms with van der Waals surface area (Å²) < 4.78 is 8.33. The predicted molar refractivity (Wildman–Crippen MR) is 84.9 cm³/mol. The van der Waals surface area contributed by atoms with E-state index < -0.39 is 0 Å². The van der Waals surface area contributed by atoms with E-state index in [1.54, 1.807) is 0 Å². The molecule has 1 aliphatic rings. The molecule has 3 aromatic heterocycles. The van der Waals surface area contributed by atoms with Gasteiger partial charge in [0.15, 0.2) is 10.7 Å². The van der Waals surface area contributed by atoms with Gasteiger partial charge in [0.2, 0.25) is 0 Å². The zero-order valence-electron chi connectivity index (χ0n) is 11.5. The molecule has 0 saturated heterocycles. The maximum Gasteiger partial charge on any atom is 0.194 e. The van der Waals surface area contributed by atoms with E-state index in [0.717, 1.165) is 33.8 Å². The summed E-state index contributed by atoms with van der Waals surface area (Å²) in [5.41, 5.74) is 3.46. The van der Waals surface area contributed by atoms with Crippen molar-refractivity contribution in [3.8, 4) is 11.5 Å². The molecule has 0 aliphatic heterocycles. The normalized spacial score (nSPS) is 14.9. The van der Waals surface area contributed by atoms with Gasteiger partial charge in [-0.2, -0.15) is 0 Å². The summed E-state index contributed by atoms with van der Waals surface area (Å²) >= 11 is 1.83. The zero-order valence-corrected chi connectivity index (χ0v) is 12.3. The summed E-state index contributed by atoms with van der Waals surface area (Å²) in [4.78, 5) is 7.19. The second-order valence-corrected chi connectivity index (χ2v) is 6.65. The van der Waals surface area contributed by atoms with E-state index in [0.29, 0.717) is 0 Å². The number of aromatic nitrogens is 2. The van der Waals surface area contributed by atoms with Crippen LogP contribution in [0.4, 0.5) is 0 Å². The molecule has 0 spiro atoms. The molecule has 4 aromatic rings. The Kier molecular flexibility index (Phi) is 2.32. The van der Waals surface area contributed by atoms with Crippen LogP contribution in [0.3, 0.4) is 0 Å². The van der Waals surface area contributed by atoms with Crippen molar-refractivity contribution in [3.05, 3.63) is 47.1 Å². The predicted octanol–water partition coefficient (Wildman–Crippen LogP) is 4.69. The number of benzene rings is 1. The first-order chi connectivity index (χ1) is 10.4. The van der Waals surface area contributed by atoms with E-state index >= 15 is 0 Å². The van der Waals surface area contributed by atoms with Crippen LogP contribution in [0, 0.1) is 0 Å². The van der Waals surface area contributed by atoms with Crippen LogP contribution in [-0.4, -0.2) is 9.38 Å². The Bertz CT molecular complexity index is 927. The molecule has 3 heterocycles. The highest BCUT2D eigenvalue weighted by Crippen LogP contribution is 2.35. The van der Waals surface area contributed by atoms with Crippen molar-refractivity contribution in [1.29, 1.82) is 0 Å². The van der Waals surface area contributed by atoms with Gasteiger partial charge in [-0.15, -0.1) is 11.3 Å². The lowest BCUT2D eigenvalue weighted by Gasteiger charge is -2.11.